The summed E-state index contributed by atoms with van der Waals surface area (Å²) in [5.74, 6) is 3.86. The molecule has 1 aliphatic carbocycles. The molecule has 84 valence electrons. The minimum absolute atomic E-state index is 0.839. The minimum Gasteiger partial charge on any atom is -0.306 e. The van der Waals surface area contributed by atoms with Crippen LogP contribution < -0.4 is 0 Å². The zero-order chi connectivity index (χ0) is 10.6. The first-order chi connectivity index (χ1) is 6.63. The van der Waals surface area contributed by atoms with Crippen molar-refractivity contribution in [2.45, 2.75) is 33.1 Å². The fraction of sp³-hybridized carbons (Fsp3) is 1.00. The molecule has 2 heteroatoms. The number of hydrogen-bond donors (Lipinski definition) is 1. The summed E-state index contributed by atoms with van der Waals surface area (Å²) in [4.78, 5) is 2.50. The van der Waals surface area contributed by atoms with E-state index in [0.717, 1.165) is 23.5 Å². The highest BCUT2D eigenvalue weighted by atomic mass is 32.1. The molecule has 0 amide bonds. The lowest BCUT2D eigenvalue weighted by Crippen LogP contribution is -2.24. The summed E-state index contributed by atoms with van der Waals surface area (Å²) in [7, 11) is 2.26. The summed E-state index contributed by atoms with van der Waals surface area (Å²) in [6, 6.07) is 0. The van der Waals surface area contributed by atoms with Gasteiger partial charge < -0.3 is 4.90 Å². The molecule has 3 atom stereocenters. The molecule has 0 N–H and O–H groups in total. The van der Waals surface area contributed by atoms with Crippen LogP contribution in [-0.4, -0.2) is 30.8 Å². The van der Waals surface area contributed by atoms with Crippen molar-refractivity contribution in [1.82, 2.24) is 4.90 Å². The molecule has 0 aromatic carbocycles. The Labute approximate surface area is 94.7 Å². The van der Waals surface area contributed by atoms with E-state index < -0.39 is 0 Å². The molecule has 1 saturated carbocycles. The second kappa shape index (κ2) is 6.02. The molecular weight excluding hydrogens is 190 g/mol. The van der Waals surface area contributed by atoms with Gasteiger partial charge in [-0.15, -0.1) is 0 Å². The van der Waals surface area contributed by atoms with E-state index in [1.807, 2.05) is 0 Å². The second-order valence-corrected chi connectivity index (χ2v) is 5.59. The summed E-state index contributed by atoms with van der Waals surface area (Å²) in [5.41, 5.74) is 0. The van der Waals surface area contributed by atoms with Gasteiger partial charge in [-0.2, -0.15) is 12.6 Å². The van der Waals surface area contributed by atoms with Crippen molar-refractivity contribution < 1.29 is 0 Å². The summed E-state index contributed by atoms with van der Waals surface area (Å²) in [5, 5.41) is 0. The Morgan fingerprint density at radius 2 is 2.07 bits per heavy atom. The maximum Gasteiger partial charge on any atom is 0.000926 e. The van der Waals surface area contributed by atoms with E-state index in [2.05, 4.69) is 38.4 Å². The van der Waals surface area contributed by atoms with Gasteiger partial charge in [0.25, 0.3) is 0 Å². The first-order valence-electron chi connectivity index (χ1n) is 5.93. The zero-order valence-electron chi connectivity index (χ0n) is 9.87. The van der Waals surface area contributed by atoms with Gasteiger partial charge in [-0.3, -0.25) is 0 Å². The Hall–Kier alpha value is 0.310. The fourth-order valence-corrected chi connectivity index (χ4v) is 2.39. The Bertz CT molecular complexity index is 160. The molecule has 0 aliphatic heterocycles. The predicted octanol–water partition coefficient (Wildman–Crippen LogP) is 2.92. The molecule has 0 bridgehead atoms. The van der Waals surface area contributed by atoms with Crippen LogP contribution in [0.25, 0.3) is 0 Å². The largest absolute Gasteiger partial charge is 0.306 e. The number of nitrogens with zero attached hydrogens (tertiary/aromatic N) is 1. The van der Waals surface area contributed by atoms with Crippen LogP contribution in [0.3, 0.4) is 0 Å². The predicted molar refractivity (Wildman–Crippen MR) is 67.0 cm³/mol. The SMILES string of the molecule is CC(CCS)CCN(C)CC1CC1C. The Kier molecular flexibility index (Phi) is 5.32. The first-order valence-corrected chi connectivity index (χ1v) is 6.56. The van der Waals surface area contributed by atoms with Crippen LogP contribution >= 0.6 is 12.6 Å². The first kappa shape index (κ1) is 12.4. The van der Waals surface area contributed by atoms with Crippen LogP contribution in [0.15, 0.2) is 0 Å². The molecule has 0 aromatic heterocycles. The van der Waals surface area contributed by atoms with Crippen molar-refractivity contribution >= 4 is 12.6 Å². The fourth-order valence-electron chi connectivity index (χ4n) is 1.95. The van der Waals surface area contributed by atoms with Crippen LogP contribution in [0, 0.1) is 17.8 Å². The normalized spacial score (nSPS) is 28.1. The smallest absolute Gasteiger partial charge is 0.000926 e. The average Bonchev–Trinajstić information content (AvgIpc) is 2.79. The molecule has 0 radical (unpaired) electrons. The maximum absolute atomic E-state index is 4.27. The highest BCUT2D eigenvalue weighted by Gasteiger charge is 2.32. The molecule has 0 saturated heterocycles. The highest BCUT2D eigenvalue weighted by Crippen LogP contribution is 2.37. The van der Waals surface area contributed by atoms with Crippen molar-refractivity contribution in [3.05, 3.63) is 0 Å². The van der Waals surface area contributed by atoms with Crippen molar-refractivity contribution in [2.24, 2.45) is 17.8 Å². The third-order valence-electron chi connectivity index (χ3n) is 3.45. The number of thiol groups is 1. The van der Waals surface area contributed by atoms with Gasteiger partial charge in [-0.1, -0.05) is 13.8 Å². The van der Waals surface area contributed by atoms with E-state index in [9.17, 15) is 0 Å². The van der Waals surface area contributed by atoms with Gasteiger partial charge in [0.05, 0.1) is 0 Å². The minimum atomic E-state index is 0.839. The summed E-state index contributed by atoms with van der Waals surface area (Å²) < 4.78 is 0. The Balaban J connectivity index is 1.99. The van der Waals surface area contributed by atoms with Gasteiger partial charge in [0.1, 0.15) is 0 Å². The topological polar surface area (TPSA) is 3.24 Å². The van der Waals surface area contributed by atoms with Gasteiger partial charge in [-0.05, 0) is 56.4 Å². The van der Waals surface area contributed by atoms with E-state index >= 15 is 0 Å². The molecule has 0 spiro atoms. The lowest BCUT2D eigenvalue weighted by Gasteiger charge is -2.18. The Morgan fingerprint density at radius 3 is 2.57 bits per heavy atom. The summed E-state index contributed by atoms with van der Waals surface area (Å²) in [6.07, 6.45) is 4.05. The van der Waals surface area contributed by atoms with Crippen molar-refractivity contribution in [1.29, 1.82) is 0 Å². The molecule has 1 rings (SSSR count). The van der Waals surface area contributed by atoms with E-state index in [0.29, 0.717) is 0 Å². The molecule has 1 nitrogen and oxygen atoms in total. The summed E-state index contributed by atoms with van der Waals surface area (Å²) >= 11 is 4.27. The monoisotopic (exact) mass is 215 g/mol. The molecule has 0 aromatic rings. The zero-order valence-corrected chi connectivity index (χ0v) is 10.8. The van der Waals surface area contributed by atoms with Gasteiger partial charge in [-0.25, -0.2) is 0 Å². The van der Waals surface area contributed by atoms with Crippen LogP contribution in [0.1, 0.15) is 33.1 Å². The molecule has 1 aliphatic rings. The summed E-state index contributed by atoms with van der Waals surface area (Å²) in [6.45, 7) is 7.28. The van der Waals surface area contributed by atoms with Crippen LogP contribution in [0.4, 0.5) is 0 Å². The third kappa shape index (κ3) is 4.70. The number of hydrogen-bond acceptors (Lipinski definition) is 2. The molecule has 1 fully saturated rings. The van der Waals surface area contributed by atoms with E-state index in [-0.39, 0.29) is 0 Å². The van der Waals surface area contributed by atoms with Crippen molar-refractivity contribution in [2.75, 3.05) is 25.9 Å². The van der Waals surface area contributed by atoms with Crippen LogP contribution in [-0.2, 0) is 0 Å². The van der Waals surface area contributed by atoms with Crippen molar-refractivity contribution in [3.8, 4) is 0 Å². The Morgan fingerprint density at radius 1 is 1.43 bits per heavy atom. The standard InChI is InChI=1S/C12H25NS/c1-10(5-7-14)4-6-13(3)9-12-8-11(12)2/h10-12,14H,4-9H2,1-3H3. The lowest BCUT2D eigenvalue weighted by atomic mass is 10.1. The van der Waals surface area contributed by atoms with E-state index in [1.54, 1.807) is 0 Å². The second-order valence-electron chi connectivity index (χ2n) is 5.14. The molecule has 0 heterocycles. The van der Waals surface area contributed by atoms with Crippen LogP contribution in [0.2, 0.25) is 0 Å². The van der Waals surface area contributed by atoms with Crippen molar-refractivity contribution in [3.63, 3.8) is 0 Å². The lowest BCUT2D eigenvalue weighted by molar-refractivity contribution is 0.289. The molecular formula is C12H25NS. The van der Waals surface area contributed by atoms with Gasteiger partial charge in [0, 0.05) is 6.54 Å². The van der Waals surface area contributed by atoms with Gasteiger partial charge >= 0.3 is 0 Å². The maximum atomic E-state index is 4.27. The van der Waals surface area contributed by atoms with Gasteiger partial charge in [0.15, 0.2) is 0 Å². The quantitative estimate of drug-likeness (QED) is 0.639. The third-order valence-corrected chi connectivity index (χ3v) is 3.71. The van der Waals surface area contributed by atoms with E-state index in [4.69, 9.17) is 0 Å². The van der Waals surface area contributed by atoms with E-state index in [1.165, 1.54) is 32.4 Å². The van der Waals surface area contributed by atoms with Gasteiger partial charge in [0.2, 0.25) is 0 Å². The molecule has 14 heavy (non-hydrogen) atoms. The average molecular weight is 215 g/mol. The molecule has 3 unspecified atom stereocenters. The highest BCUT2D eigenvalue weighted by molar-refractivity contribution is 7.80. The van der Waals surface area contributed by atoms with Crippen LogP contribution in [0.5, 0.6) is 0 Å². The number of rotatable bonds is 7.